The Bertz CT molecular complexity index is 543. The molecule has 0 aliphatic carbocycles. The lowest BCUT2D eigenvalue weighted by atomic mass is 10.1. The van der Waals surface area contributed by atoms with Crippen molar-refractivity contribution in [3.63, 3.8) is 0 Å². The fourth-order valence-electron chi connectivity index (χ4n) is 1.68. The number of aryl methyl sites for hydroxylation is 2. The first-order valence-electron chi connectivity index (χ1n) is 5.94. The molecule has 0 aromatic heterocycles. The van der Waals surface area contributed by atoms with E-state index in [1.165, 1.54) is 11.1 Å². The molecule has 0 heterocycles. The Morgan fingerprint density at radius 3 is 2.39 bits per heavy atom. The van der Waals surface area contributed by atoms with E-state index in [-0.39, 0.29) is 5.78 Å². The lowest BCUT2D eigenvalue weighted by Crippen LogP contribution is -2.01. The van der Waals surface area contributed by atoms with Gasteiger partial charge in [-0.3, -0.25) is 4.79 Å². The largest absolute Gasteiger partial charge is 0.293 e. The van der Waals surface area contributed by atoms with Gasteiger partial charge in [-0.15, -0.1) is 11.8 Å². The van der Waals surface area contributed by atoms with Crippen LogP contribution < -0.4 is 0 Å². The van der Waals surface area contributed by atoms with E-state index in [0.717, 1.165) is 10.5 Å². The molecule has 0 atom stereocenters. The summed E-state index contributed by atoms with van der Waals surface area (Å²) in [7, 11) is 0. The second-order valence-electron chi connectivity index (χ2n) is 4.39. The Morgan fingerprint density at radius 1 is 1.00 bits per heavy atom. The molecular weight excluding hydrogens is 240 g/mol. The van der Waals surface area contributed by atoms with Crippen molar-refractivity contribution in [2.75, 3.05) is 5.75 Å². The van der Waals surface area contributed by atoms with Crippen LogP contribution in [0.5, 0.6) is 0 Å². The van der Waals surface area contributed by atoms with Gasteiger partial charge in [0.05, 0.1) is 5.75 Å². The number of rotatable bonds is 4. The molecule has 18 heavy (non-hydrogen) atoms. The van der Waals surface area contributed by atoms with Crippen molar-refractivity contribution in [3.05, 3.63) is 65.2 Å². The number of thioether (sulfide) groups is 1. The van der Waals surface area contributed by atoms with Crippen LogP contribution in [-0.2, 0) is 0 Å². The minimum Gasteiger partial charge on any atom is -0.293 e. The number of hydrogen-bond donors (Lipinski definition) is 0. The van der Waals surface area contributed by atoms with Gasteiger partial charge in [0.15, 0.2) is 5.78 Å². The number of carbonyl (C=O) groups excluding carboxylic acids is 1. The fraction of sp³-hybridized carbons (Fsp3) is 0.188. The number of hydrogen-bond acceptors (Lipinski definition) is 2. The number of ketones is 1. The molecule has 0 bridgehead atoms. The first-order chi connectivity index (χ1) is 8.65. The zero-order valence-corrected chi connectivity index (χ0v) is 11.5. The highest BCUT2D eigenvalue weighted by molar-refractivity contribution is 8.00. The molecule has 0 saturated carbocycles. The average molecular weight is 256 g/mol. The van der Waals surface area contributed by atoms with Crippen LogP contribution in [0.2, 0.25) is 0 Å². The van der Waals surface area contributed by atoms with Crippen LogP contribution >= 0.6 is 11.8 Å². The summed E-state index contributed by atoms with van der Waals surface area (Å²) in [5, 5.41) is 0. The van der Waals surface area contributed by atoms with Crippen molar-refractivity contribution in [2.45, 2.75) is 18.7 Å². The van der Waals surface area contributed by atoms with Crippen LogP contribution in [-0.4, -0.2) is 11.5 Å². The van der Waals surface area contributed by atoms with Crippen LogP contribution in [0.25, 0.3) is 0 Å². The van der Waals surface area contributed by atoms with Gasteiger partial charge in [-0.2, -0.15) is 0 Å². The molecule has 0 N–H and O–H groups in total. The maximum absolute atomic E-state index is 12.0. The first kappa shape index (κ1) is 12.9. The number of benzene rings is 2. The Hall–Kier alpha value is -1.54. The molecule has 2 heteroatoms. The molecule has 0 radical (unpaired) electrons. The first-order valence-corrected chi connectivity index (χ1v) is 6.93. The summed E-state index contributed by atoms with van der Waals surface area (Å²) in [4.78, 5) is 13.1. The molecule has 0 fully saturated rings. The monoisotopic (exact) mass is 256 g/mol. The quantitative estimate of drug-likeness (QED) is 0.600. The smallest absolute Gasteiger partial charge is 0.173 e. The van der Waals surface area contributed by atoms with Crippen LogP contribution in [0, 0.1) is 13.8 Å². The lowest BCUT2D eigenvalue weighted by Gasteiger charge is -2.03. The van der Waals surface area contributed by atoms with Gasteiger partial charge in [-0.1, -0.05) is 47.5 Å². The summed E-state index contributed by atoms with van der Waals surface area (Å²) in [5.74, 6) is 0.675. The van der Waals surface area contributed by atoms with Crippen LogP contribution in [0.4, 0.5) is 0 Å². The van der Waals surface area contributed by atoms with Crippen molar-refractivity contribution < 1.29 is 4.79 Å². The maximum atomic E-state index is 12.0. The van der Waals surface area contributed by atoms with E-state index < -0.39 is 0 Å². The van der Waals surface area contributed by atoms with E-state index >= 15 is 0 Å². The van der Waals surface area contributed by atoms with Gasteiger partial charge in [0.1, 0.15) is 0 Å². The topological polar surface area (TPSA) is 17.1 Å². The Balaban J connectivity index is 1.98. The van der Waals surface area contributed by atoms with E-state index in [9.17, 15) is 4.79 Å². The molecule has 0 saturated heterocycles. The van der Waals surface area contributed by atoms with Crippen molar-refractivity contribution >= 4 is 17.5 Å². The maximum Gasteiger partial charge on any atom is 0.173 e. The molecule has 0 spiro atoms. The summed E-state index contributed by atoms with van der Waals surface area (Å²) < 4.78 is 0. The fourth-order valence-corrected chi connectivity index (χ4v) is 2.59. The molecule has 1 nitrogen and oxygen atoms in total. The SMILES string of the molecule is Cc1ccc(C(=O)CSc2cccc(C)c2)cc1. The van der Waals surface area contributed by atoms with Gasteiger partial charge in [0.25, 0.3) is 0 Å². The van der Waals surface area contributed by atoms with Gasteiger partial charge < -0.3 is 0 Å². The van der Waals surface area contributed by atoms with Crippen molar-refractivity contribution in [2.24, 2.45) is 0 Å². The third-order valence-electron chi connectivity index (χ3n) is 2.73. The zero-order valence-electron chi connectivity index (χ0n) is 10.6. The summed E-state index contributed by atoms with van der Waals surface area (Å²) in [6, 6.07) is 16.0. The van der Waals surface area contributed by atoms with E-state index in [1.807, 2.05) is 43.3 Å². The van der Waals surface area contributed by atoms with Crippen LogP contribution in [0.1, 0.15) is 21.5 Å². The molecule has 2 aromatic rings. The Kier molecular flexibility index (Phi) is 4.21. The molecule has 0 unspecified atom stereocenters. The molecule has 0 aliphatic heterocycles. The molecule has 2 aromatic carbocycles. The molecule has 2 rings (SSSR count). The standard InChI is InChI=1S/C16H16OS/c1-12-6-8-14(9-7-12)16(17)11-18-15-5-3-4-13(2)10-15/h3-10H,11H2,1-2H3. The second kappa shape index (κ2) is 5.87. The van der Waals surface area contributed by atoms with Gasteiger partial charge in [0, 0.05) is 10.5 Å². The van der Waals surface area contributed by atoms with Crippen molar-refractivity contribution in [1.82, 2.24) is 0 Å². The van der Waals surface area contributed by atoms with E-state index in [0.29, 0.717) is 5.75 Å². The predicted octanol–water partition coefficient (Wildman–Crippen LogP) is 4.28. The minimum atomic E-state index is 0.182. The molecule has 0 amide bonds. The van der Waals surface area contributed by atoms with Gasteiger partial charge in [-0.25, -0.2) is 0 Å². The summed E-state index contributed by atoms with van der Waals surface area (Å²) in [5.41, 5.74) is 3.20. The molecule has 0 aliphatic rings. The van der Waals surface area contributed by atoms with Crippen molar-refractivity contribution in [1.29, 1.82) is 0 Å². The third-order valence-corrected chi connectivity index (χ3v) is 3.73. The third kappa shape index (κ3) is 3.47. The van der Waals surface area contributed by atoms with Crippen LogP contribution in [0.15, 0.2) is 53.4 Å². The zero-order chi connectivity index (χ0) is 13.0. The average Bonchev–Trinajstić information content (AvgIpc) is 2.37. The highest BCUT2D eigenvalue weighted by Crippen LogP contribution is 2.20. The normalized spacial score (nSPS) is 10.3. The number of carbonyl (C=O) groups is 1. The van der Waals surface area contributed by atoms with Crippen molar-refractivity contribution in [3.8, 4) is 0 Å². The number of Topliss-reactive ketones (excluding diaryl/α,β-unsaturated/α-hetero) is 1. The highest BCUT2D eigenvalue weighted by Gasteiger charge is 2.06. The minimum absolute atomic E-state index is 0.182. The molecular formula is C16H16OS. The second-order valence-corrected chi connectivity index (χ2v) is 5.44. The summed E-state index contributed by atoms with van der Waals surface area (Å²) >= 11 is 1.59. The van der Waals surface area contributed by atoms with Gasteiger partial charge in [0.2, 0.25) is 0 Å². The molecule has 92 valence electrons. The predicted molar refractivity (Wildman–Crippen MR) is 77.4 cm³/mol. The van der Waals surface area contributed by atoms with E-state index in [1.54, 1.807) is 11.8 Å². The van der Waals surface area contributed by atoms with E-state index in [4.69, 9.17) is 0 Å². The van der Waals surface area contributed by atoms with E-state index in [2.05, 4.69) is 19.1 Å². The Labute approximate surface area is 112 Å². The highest BCUT2D eigenvalue weighted by atomic mass is 32.2. The van der Waals surface area contributed by atoms with Gasteiger partial charge in [-0.05, 0) is 26.0 Å². The van der Waals surface area contributed by atoms with Gasteiger partial charge >= 0.3 is 0 Å². The lowest BCUT2D eigenvalue weighted by molar-refractivity contribution is 0.102. The Morgan fingerprint density at radius 2 is 1.72 bits per heavy atom. The summed E-state index contributed by atoms with van der Waals surface area (Å²) in [6.07, 6.45) is 0. The van der Waals surface area contributed by atoms with Crippen LogP contribution in [0.3, 0.4) is 0 Å². The summed E-state index contributed by atoms with van der Waals surface area (Å²) in [6.45, 7) is 4.08.